The Labute approximate surface area is 156 Å². The highest BCUT2D eigenvalue weighted by Crippen LogP contribution is 2.19. The summed E-state index contributed by atoms with van der Waals surface area (Å²) in [5, 5.41) is 2.69. The number of hydrogen-bond acceptors (Lipinski definition) is 4. The first-order chi connectivity index (χ1) is 12.4. The van der Waals surface area contributed by atoms with E-state index in [1.807, 2.05) is 19.0 Å². The zero-order valence-electron chi connectivity index (χ0n) is 14.9. The number of carbonyl (C=O) groups is 1. The van der Waals surface area contributed by atoms with Crippen molar-refractivity contribution in [3.63, 3.8) is 0 Å². The fourth-order valence-electron chi connectivity index (χ4n) is 2.21. The Bertz CT molecular complexity index is 791. The third-order valence-electron chi connectivity index (χ3n) is 3.67. The van der Waals surface area contributed by atoms with E-state index in [0.29, 0.717) is 47.9 Å². The lowest BCUT2D eigenvalue weighted by Gasteiger charge is -2.08. The fraction of sp³-hybridized carbons (Fsp3) is 0.278. The summed E-state index contributed by atoms with van der Waals surface area (Å²) in [4.78, 5) is 21.9. The van der Waals surface area contributed by atoms with Gasteiger partial charge in [-0.15, -0.1) is 0 Å². The van der Waals surface area contributed by atoms with Gasteiger partial charge in [0.05, 0.1) is 0 Å². The van der Waals surface area contributed by atoms with Crippen molar-refractivity contribution in [1.82, 2.24) is 10.2 Å². The van der Waals surface area contributed by atoms with E-state index in [0.717, 1.165) is 0 Å². The highest BCUT2D eigenvalue weighted by molar-refractivity contribution is 6.05. The molecule has 1 aliphatic heterocycles. The van der Waals surface area contributed by atoms with Gasteiger partial charge in [0, 0.05) is 47.0 Å². The number of hydrogen-bond donors (Lipinski definition) is 3. The molecule has 1 aromatic rings. The Hall–Kier alpha value is -3.00. The summed E-state index contributed by atoms with van der Waals surface area (Å²) in [6.45, 7) is 1.21. The lowest BCUT2D eigenvalue weighted by atomic mass is 10.0. The van der Waals surface area contributed by atoms with E-state index in [4.69, 9.17) is 11.5 Å². The van der Waals surface area contributed by atoms with Crippen LogP contribution in [0.2, 0.25) is 0 Å². The fourth-order valence-corrected chi connectivity index (χ4v) is 2.21. The van der Waals surface area contributed by atoms with E-state index in [-0.39, 0.29) is 10.1 Å². The number of benzene rings is 1. The average molecular weight is 364 g/mol. The molecule has 0 bridgehead atoms. The maximum atomic E-state index is 13.1. The second kappa shape index (κ2) is 8.91. The maximum Gasteiger partial charge on any atom is 0.342 e. The number of amides is 2. The third-order valence-corrected chi connectivity index (χ3v) is 3.67. The molecule has 5 N–H and O–H groups in total. The second-order valence-corrected chi connectivity index (χ2v) is 6.02. The Morgan fingerprint density at radius 3 is 2.73 bits per heavy atom. The molecule has 2 amide bonds. The average Bonchev–Trinajstić information content (AvgIpc) is 2.76. The number of amidine groups is 1. The van der Waals surface area contributed by atoms with Crippen molar-refractivity contribution >= 4 is 23.8 Å². The minimum absolute atomic E-state index is 0. The van der Waals surface area contributed by atoms with Gasteiger partial charge in [0.2, 0.25) is 0 Å². The molecule has 0 saturated heterocycles. The van der Waals surface area contributed by atoms with Crippen LogP contribution in [0.15, 0.2) is 51.6 Å². The zero-order valence-corrected chi connectivity index (χ0v) is 14.9. The largest absolute Gasteiger partial charge is 0.398 e. The van der Waals surface area contributed by atoms with Gasteiger partial charge in [-0.05, 0) is 43.9 Å². The molecule has 26 heavy (non-hydrogen) atoms. The minimum atomic E-state index is -0.454. The molecule has 8 heteroatoms. The molecule has 1 aliphatic rings. The maximum absolute atomic E-state index is 13.1. The van der Waals surface area contributed by atoms with Crippen molar-refractivity contribution in [2.24, 2.45) is 21.5 Å². The molecule has 1 aromatic carbocycles. The highest BCUT2D eigenvalue weighted by atomic mass is 19.1. The Kier molecular flexibility index (Phi) is 6.62. The molecule has 0 saturated carbocycles. The van der Waals surface area contributed by atoms with Gasteiger partial charge >= 0.3 is 6.03 Å². The van der Waals surface area contributed by atoms with Gasteiger partial charge in [0.1, 0.15) is 11.7 Å². The molecular weight excluding hydrogens is 335 g/mol. The smallest absolute Gasteiger partial charge is 0.342 e. The van der Waals surface area contributed by atoms with Crippen molar-refractivity contribution in [3.8, 4) is 0 Å². The topological polar surface area (TPSA) is 109 Å². The molecule has 7 nitrogen and oxygen atoms in total. The number of nitrogens with zero attached hydrogens (tertiary/aromatic N) is 3. The number of allylic oxidation sites excluding steroid dienone is 1. The first-order valence-corrected chi connectivity index (χ1v) is 8.12. The summed E-state index contributed by atoms with van der Waals surface area (Å²) in [5.41, 5.74) is 14.1. The molecule has 0 spiro atoms. The Morgan fingerprint density at radius 1 is 1.38 bits per heavy atom. The van der Waals surface area contributed by atoms with E-state index >= 15 is 0 Å². The van der Waals surface area contributed by atoms with Crippen LogP contribution >= 0.6 is 0 Å². The number of urea groups is 1. The van der Waals surface area contributed by atoms with Gasteiger partial charge in [-0.1, -0.05) is 6.08 Å². The molecule has 0 radical (unpaired) electrons. The second-order valence-electron chi connectivity index (χ2n) is 6.02. The van der Waals surface area contributed by atoms with Gasteiger partial charge in [0.15, 0.2) is 0 Å². The van der Waals surface area contributed by atoms with Crippen molar-refractivity contribution in [2.45, 2.75) is 6.42 Å². The van der Waals surface area contributed by atoms with Crippen LogP contribution in [0.3, 0.4) is 0 Å². The van der Waals surface area contributed by atoms with E-state index in [1.54, 1.807) is 18.2 Å². The predicted molar refractivity (Wildman–Crippen MR) is 109 cm³/mol. The van der Waals surface area contributed by atoms with Crippen LogP contribution in [0, 0.1) is 5.82 Å². The molecule has 0 atom stereocenters. The molecule has 0 aliphatic carbocycles. The molecule has 0 aromatic heterocycles. The van der Waals surface area contributed by atoms with Crippen LogP contribution < -0.4 is 16.8 Å². The zero-order chi connectivity index (χ0) is 19.1. The standard InChI is InChI=1S/C18H23FN6O.3H2/c1-25(2)10-9-22-18(26)24-16-8-7-15(20)14(11-23-16)17(21)12-3-5-13(19)6-4-12;;;/h3-7,11H,8-10,20-21H2,1-2H3,(H,22,26);3*1H/b17-14-,24-16-;;;. The van der Waals surface area contributed by atoms with Gasteiger partial charge in [0.25, 0.3) is 0 Å². The van der Waals surface area contributed by atoms with Gasteiger partial charge in [-0.25, -0.2) is 14.2 Å². The quantitative estimate of drug-likeness (QED) is 0.761. The Morgan fingerprint density at radius 2 is 2.08 bits per heavy atom. The van der Waals surface area contributed by atoms with Crippen molar-refractivity contribution in [1.29, 1.82) is 0 Å². The monoisotopic (exact) mass is 364 g/mol. The lowest BCUT2D eigenvalue weighted by molar-refractivity contribution is 0.248. The van der Waals surface area contributed by atoms with Gasteiger partial charge < -0.3 is 21.7 Å². The van der Waals surface area contributed by atoms with Crippen LogP contribution in [0.1, 0.15) is 16.3 Å². The number of rotatable bonds is 4. The van der Waals surface area contributed by atoms with Crippen molar-refractivity contribution in [2.75, 3.05) is 27.2 Å². The lowest BCUT2D eigenvalue weighted by Crippen LogP contribution is -2.29. The Balaban J connectivity index is 0. The molecule has 1 heterocycles. The predicted octanol–water partition coefficient (Wildman–Crippen LogP) is 2.22. The van der Waals surface area contributed by atoms with E-state index in [2.05, 4.69) is 15.3 Å². The number of nitrogens with two attached hydrogens (primary N) is 2. The summed E-state index contributed by atoms with van der Waals surface area (Å²) in [5.74, 6) is -0.0171. The van der Waals surface area contributed by atoms with Crippen molar-refractivity contribution in [3.05, 3.63) is 53.0 Å². The van der Waals surface area contributed by atoms with E-state index < -0.39 is 6.03 Å². The van der Waals surface area contributed by atoms with Crippen LogP contribution in [0.25, 0.3) is 5.70 Å². The number of halogens is 1. The number of carbonyl (C=O) groups excluding carboxylic acids is 1. The number of nitrogens with one attached hydrogen (secondary N) is 1. The summed E-state index contributed by atoms with van der Waals surface area (Å²) in [7, 11) is 3.83. The van der Waals surface area contributed by atoms with Crippen LogP contribution in [-0.2, 0) is 0 Å². The summed E-state index contributed by atoms with van der Waals surface area (Å²) in [6.07, 6.45) is 3.48. The first kappa shape index (κ1) is 19.3. The SMILES string of the molecule is CN(C)CCNC(=O)/N=C1/CC=C(N)/C(=C(\N)c2ccc(F)cc2)C=N1.[HH].[HH].[HH]. The summed E-state index contributed by atoms with van der Waals surface area (Å²) < 4.78 is 13.1. The number of likely N-dealkylation sites (N-methyl/N-ethyl adjacent to an activating group) is 1. The summed E-state index contributed by atoms with van der Waals surface area (Å²) >= 11 is 0. The molecule has 2 rings (SSSR count). The molecule has 144 valence electrons. The van der Waals surface area contributed by atoms with E-state index in [1.165, 1.54) is 18.3 Å². The van der Waals surface area contributed by atoms with Gasteiger partial charge in [-0.3, -0.25) is 0 Å². The molecule has 0 unspecified atom stereocenters. The highest BCUT2D eigenvalue weighted by Gasteiger charge is 2.12. The first-order valence-electron chi connectivity index (χ1n) is 8.12. The van der Waals surface area contributed by atoms with Crippen LogP contribution in [0.5, 0.6) is 0 Å². The molecular formula is C18H29FN6O. The third kappa shape index (κ3) is 5.52. The minimum Gasteiger partial charge on any atom is -0.398 e. The van der Waals surface area contributed by atoms with Gasteiger partial charge in [-0.2, -0.15) is 4.99 Å². The van der Waals surface area contributed by atoms with Crippen LogP contribution in [0.4, 0.5) is 9.18 Å². The van der Waals surface area contributed by atoms with Crippen LogP contribution in [-0.4, -0.2) is 50.2 Å². The van der Waals surface area contributed by atoms with E-state index in [9.17, 15) is 9.18 Å². The van der Waals surface area contributed by atoms with Crippen molar-refractivity contribution < 1.29 is 13.5 Å². The normalized spacial score (nSPS) is 17.8. The molecule has 0 fully saturated rings. The summed E-state index contributed by atoms with van der Waals surface area (Å²) in [6, 6.07) is 5.32. The number of aliphatic imine (C=N–C) groups is 2.